The van der Waals surface area contributed by atoms with Gasteiger partial charge in [-0.25, -0.2) is 0 Å². The highest BCUT2D eigenvalue weighted by Gasteiger charge is 2.28. The molecule has 0 fully saturated rings. The summed E-state index contributed by atoms with van der Waals surface area (Å²) < 4.78 is 0. The molecule has 2 heteroatoms. The lowest BCUT2D eigenvalue weighted by Gasteiger charge is -2.28. The van der Waals surface area contributed by atoms with Crippen molar-refractivity contribution in [2.24, 2.45) is 22.0 Å². The second-order valence-electron chi connectivity index (χ2n) is 5.98. The first-order valence-corrected chi connectivity index (χ1v) is 7.82. The lowest BCUT2D eigenvalue weighted by molar-refractivity contribution is 0.488. The lowest BCUT2D eigenvalue weighted by Crippen LogP contribution is -2.30. The SMILES string of the molecule is CCCCCC1C(c2ccc(C)cc2)=NN=C(C)C1C. The van der Waals surface area contributed by atoms with Crippen LogP contribution in [0.2, 0.25) is 0 Å². The van der Waals surface area contributed by atoms with Crippen molar-refractivity contribution >= 4 is 11.4 Å². The molecule has 1 aromatic carbocycles. The van der Waals surface area contributed by atoms with E-state index in [1.165, 1.54) is 48.2 Å². The van der Waals surface area contributed by atoms with Gasteiger partial charge >= 0.3 is 0 Å². The number of rotatable bonds is 5. The highest BCUT2D eigenvalue weighted by atomic mass is 15.2. The van der Waals surface area contributed by atoms with Crippen molar-refractivity contribution in [2.45, 2.75) is 53.4 Å². The quantitative estimate of drug-likeness (QED) is 0.672. The molecule has 0 aliphatic carbocycles. The molecule has 2 nitrogen and oxygen atoms in total. The predicted molar refractivity (Wildman–Crippen MR) is 87.6 cm³/mol. The van der Waals surface area contributed by atoms with Crippen LogP contribution in [0.5, 0.6) is 0 Å². The van der Waals surface area contributed by atoms with Gasteiger partial charge < -0.3 is 0 Å². The lowest BCUT2D eigenvalue weighted by atomic mass is 9.79. The summed E-state index contributed by atoms with van der Waals surface area (Å²) in [6, 6.07) is 8.70. The van der Waals surface area contributed by atoms with Crippen molar-refractivity contribution in [3.63, 3.8) is 0 Å². The van der Waals surface area contributed by atoms with E-state index >= 15 is 0 Å². The van der Waals surface area contributed by atoms with E-state index in [9.17, 15) is 0 Å². The van der Waals surface area contributed by atoms with Gasteiger partial charge in [-0.1, -0.05) is 62.9 Å². The molecule has 0 N–H and O–H groups in total. The van der Waals surface area contributed by atoms with Crippen LogP contribution >= 0.6 is 0 Å². The van der Waals surface area contributed by atoms with Gasteiger partial charge in [0.2, 0.25) is 0 Å². The number of hydrogen-bond acceptors (Lipinski definition) is 2. The third-order valence-corrected chi connectivity index (χ3v) is 4.40. The van der Waals surface area contributed by atoms with E-state index in [4.69, 9.17) is 0 Å². The normalized spacial score (nSPS) is 22.4. The minimum absolute atomic E-state index is 0.501. The topological polar surface area (TPSA) is 24.7 Å². The molecular formula is C18H26N2. The Morgan fingerprint density at radius 1 is 1.00 bits per heavy atom. The molecule has 1 aromatic rings. The summed E-state index contributed by atoms with van der Waals surface area (Å²) in [5.74, 6) is 1.02. The summed E-state index contributed by atoms with van der Waals surface area (Å²) in [6.45, 7) is 8.77. The minimum atomic E-state index is 0.501. The van der Waals surface area contributed by atoms with Crippen molar-refractivity contribution in [1.82, 2.24) is 0 Å². The van der Waals surface area contributed by atoms with E-state index in [1.807, 2.05) is 0 Å². The first kappa shape index (κ1) is 15.0. The van der Waals surface area contributed by atoms with Crippen molar-refractivity contribution in [3.05, 3.63) is 35.4 Å². The third kappa shape index (κ3) is 3.36. The highest BCUT2D eigenvalue weighted by Crippen LogP contribution is 2.29. The van der Waals surface area contributed by atoms with Crippen molar-refractivity contribution in [1.29, 1.82) is 0 Å². The molecule has 0 radical (unpaired) electrons. The van der Waals surface area contributed by atoms with Crippen molar-refractivity contribution in [2.75, 3.05) is 0 Å². The fraction of sp³-hybridized carbons (Fsp3) is 0.556. The van der Waals surface area contributed by atoms with Gasteiger partial charge in [-0.05, 0) is 25.8 Å². The van der Waals surface area contributed by atoms with Gasteiger partial charge in [0.05, 0.1) is 5.71 Å². The van der Waals surface area contributed by atoms with Crippen LogP contribution in [0.4, 0.5) is 0 Å². The van der Waals surface area contributed by atoms with Crippen LogP contribution in [-0.4, -0.2) is 11.4 Å². The number of hydrogen-bond donors (Lipinski definition) is 0. The summed E-state index contributed by atoms with van der Waals surface area (Å²) >= 11 is 0. The molecule has 2 rings (SSSR count). The molecule has 0 amide bonds. The second-order valence-corrected chi connectivity index (χ2v) is 5.98. The van der Waals surface area contributed by atoms with Crippen LogP contribution in [-0.2, 0) is 0 Å². The Kier molecular flexibility index (Phi) is 5.11. The molecule has 2 unspecified atom stereocenters. The summed E-state index contributed by atoms with van der Waals surface area (Å²) in [4.78, 5) is 0. The van der Waals surface area contributed by atoms with E-state index in [0.29, 0.717) is 11.8 Å². The average molecular weight is 270 g/mol. The van der Waals surface area contributed by atoms with Crippen LogP contribution in [0.3, 0.4) is 0 Å². The molecule has 108 valence electrons. The number of aryl methyl sites for hydroxylation is 1. The highest BCUT2D eigenvalue weighted by molar-refractivity contribution is 6.06. The van der Waals surface area contributed by atoms with Crippen molar-refractivity contribution < 1.29 is 0 Å². The Labute approximate surface area is 123 Å². The fourth-order valence-corrected chi connectivity index (χ4v) is 2.82. The molecular weight excluding hydrogens is 244 g/mol. The zero-order valence-corrected chi connectivity index (χ0v) is 13.2. The van der Waals surface area contributed by atoms with Gasteiger partial charge in [0.25, 0.3) is 0 Å². The van der Waals surface area contributed by atoms with Crippen LogP contribution in [0.15, 0.2) is 34.5 Å². The molecule has 1 heterocycles. The molecule has 1 aliphatic heterocycles. The maximum absolute atomic E-state index is 4.53. The first-order valence-electron chi connectivity index (χ1n) is 7.82. The maximum atomic E-state index is 4.53. The Hall–Kier alpha value is -1.44. The van der Waals surface area contributed by atoms with E-state index < -0.39 is 0 Å². The number of benzene rings is 1. The zero-order chi connectivity index (χ0) is 14.5. The van der Waals surface area contributed by atoms with Crippen LogP contribution < -0.4 is 0 Å². The van der Waals surface area contributed by atoms with E-state index in [1.54, 1.807) is 0 Å². The molecule has 2 atom stereocenters. The number of nitrogens with zero attached hydrogens (tertiary/aromatic N) is 2. The van der Waals surface area contributed by atoms with E-state index in [0.717, 1.165) is 0 Å². The van der Waals surface area contributed by atoms with Gasteiger partial charge in [0, 0.05) is 17.5 Å². The average Bonchev–Trinajstić information content (AvgIpc) is 2.45. The third-order valence-electron chi connectivity index (χ3n) is 4.40. The second kappa shape index (κ2) is 6.83. The molecule has 1 aliphatic rings. The van der Waals surface area contributed by atoms with Gasteiger partial charge in [0.15, 0.2) is 0 Å². The van der Waals surface area contributed by atoms with Gasteiger partial charge in [-0.2, -0.15) is 10.2 Å². The molecule has 0 aromatic heterocycles. The maximum Gasteiger partial charge on any atom is 0.0739 e. The predicted octanol–water partition coefficient (Wildman–Crippen LogP) is 5.01. The molecule has 0 bridgehead atoms. The Morgan fingerprint density at radius 2 is 1.70 bits per heavy atom. The van der Waals surface area contributed by atoms with Gasteiger partial charge in [-0.3, -0.25) is 0 Å². The van der Waals surface area contributed by atoms with Gasteiger partial charge in [0.1, 0.15) is 0 Å². The molecule has 0 saturated heterocycles. The smallest absolute Gasteiger partial charge is 0.0739 e. The molecule has 0 spiro atoms. The monoisotopic (exact) mass is 270 g/mol. The Balaban J connectivity index is 2.24. The van der Waals surface area contributed by atoms with Crippen LogP contribution in [0.25, 0.3) is 0 Å². The molecule has 0 saturated carbocycles. The van der Waals surface area contributed by atoms with E-state index in [2.05, 4.69) is 62.2 Å². The first-order chi connectivity index (χ1) is 9.63. The fourth-order valence-electron chi connectivity index (χ4n) is 2.82. The number of unbranched alkanes of at least 4 members (excludes halogenated alkanes) is 2. The van der Waals surface area contributed by atoms with Crippen molar-refractivity contribution in [3.8, 4) is 0 Å². The summed E-state index contributed by atoms with van der Waals surface area (Å²) in [7, 11) is 0. The summed E-state index contributed by atoms with van der Waals surface area (Å²) in [5.41, 5.74) is 4.88. The van der Waals surface area contributed by atoms with Gasteiger partial charge in [-0.15, -0.1) is 0 Å². The summed E-state index contributed by atoms with van der Waals surface area (Å²) in [5, 5.41) is 8.90. The Bertz CT molecular complexity index is 497. The Morgan fingerprint density at radius 3 is 2.35 bits per heavy atom. The summed E-state index contributed by atoms with van der Waals surface area (Å²) in [6.07, 6.45) is 5.07. The largest absolute Gasteiger partial charge is 0.160 e. The van der Waals surface area contributed by atoms with E-state index in [-0.39, 0.29) is 0 Å². The standard InChI is InChI=1S/C18H26N2/c1-5-6-7-8-17-14(3)15(4)19-20-18(17)16-11-9-13(2)10-12-16/h9-12,14,17H,5-8H2,1-4H3. The van der Waals surface area contributed by atoms with Crippen LogP contribution in [0.1, 0.15) is 57.6 Å². The zero-order valence-electron chi connectivity index (χ0n) is 13.2. The minimum Gasteiger partial charge on any atom is -0.160 e. The molecule has 20 heavy (non-hydrogen) atoms. The van der Waals surface area contributed by atoms with Crippen LogP contribution in [0, 0.1) is 18.8 Å².